The fourth-order valence-corrected chi connectivity index (χ4v) is 3.84. The lowest BCUT2D eigenvalue weighted by atomic mass is 10.1. The molecular weight excluding hydrogens is 214 g/mol. The highest BCUT2D eigenvalue weighted by Gasteiger charge is 2.35. The highest BCUT2D eigenvalue weighted by atomic mass is 32.1. The molecule has 1 N–H and O–H groups in total. The van der Waals surface area contributed by atoms with E-state index in [2.05, 4.69) is 29.8 Å². The van der Waals surface area contributed by atoms with Gasteiger partial charge >= 0.3 is 0 Å². The molecule has 2 aliphatic carbocycles. The average molecular weight is 235 g/mol. The molecule has 0 radical (unpaired) electrons. The standard InChI is InChI=1S/C14H21NS/c1-10-4-7-12(9-10)15-14(11-5-6-11)13-3-2-8-16-13/h2-3,8,10-12,14-15H,4-7,9H2,1H3. The first kappa shape index (κ1) is 10.8. The van der Waals surface area contributed by atoms with Crippen LogP contribution in [0.4, 0.5) is 0 Å². The Hall–Kier alpha value is -0.340. The Balaban J connectivity index is 1.65. The maximum absolute atomic E-state index is 3.92. The minimum atomic E-state index is 0.662. The van der Waals surface area contributed by atoms with Crippen molar-refractivity contribution in [2.24, 2.45) is 11.8 Å². The zero-order valence-electron chi connectivity index (χ0n) is 9.99. The van der Waals surface area contributed by atoms with Gasteiger partial charge in [0.1, 0.15) is 0 Å². The predicted octanol–water partition coefficient (Wildman–Crippen LogP) is 3.98. The van der Waals surface area contributed by atoms with Crippen molar-refractivity contribution in [2.75, 3.05) is 0 Å². The molecule has 2 aliphatic rings. The molecule has 16 heavy (non-hydrogen) atoms. The van der Waals surface area contributed by atoms with Gasteiger partial charge in [-0.15, -0.1) is 11.3 Å². The van der Waals surface area contributed by atoms with Gasteiger partial charge in [0.2, 0.25) is 0 Å². The molecule has 2 heteroatoms. The zero-order valence-corrected chi connectivity index (χ0v) is 10.8. The van der Waals surface area contributed by atoms with Crippen LogP contribution in [0.25, 0.3) is 0 Å². The molecule has 1 nitrogen and oxygen atoms in total. The van der Waals surface area contributed by atoms with Gasteiger partial charge in [-0.1, -0.05) is 13.0 Å². The molecule has 0 bridgehead atoms. The molecule has 1 aromatic heterocycles. The van der Waals surface area contributed by atoms with Crippen molar-refractivity contribution >= 4 is 11.3 Å². The highest BCUT2D eigenvalue weighted by Crippen LogP contribution is 2.43. The molecule has 0 amide bonds. The lowest BCUT2D eigenvalue weighted by molar-refractivity contribution is 0.403. The van der Waals surface area contributed by atoms with Crippen molar-refractivity contribution in [2.45, 2.75) is 51.1 Å². The molecule has 3 unspecified atom stereocenters. The van der Waals surface area contributed by atoms with Crippen LogP contribution in [0, 0.1) is 11.8 Å². The van der Waals surface area contributed by atoms with Crippen molar-refractivity contribution in [3.8, 4) is 0 Å². The van der Waals surface area contributed by atoms with Gasteiger partial charge in [0.15, 0.2) is 0 Å². The molecular formula is C14H21NS. The summed E-state index contributed by atoms with van der Waals surface area (Å²) in [7, 11) is 0. The third kappa shape index (κ3) is 2.33. The molecule has 0 aromatic carbocycles. The number of nitrogens with one attached hydrogen (secondary N) is 1. The van der Waals surface area contributed by atoms with E-state index in [-0.39, 0.29) is 0 Å². The van der Waals surface area contributed by atoms with Crippen LogP contribution in [0.3, 0.4) is 0 Å². The van der Waals surface area contributed by atoms with Crippen LogP contribution in [0.1, 0.15) is 49.9 Å². The molecule has 2 saturated carbocycles. The van der Waals surface area contributed by atoms with Crippen LogP contribution >= 0.6 is 11.3 Å². The predicted molar refractivity (Wildman–Crippen MR) is 69.7 cm³/mol. The largest absolute Gasteiger partial charge is 0.306 e. The normalized spacial score (nSPS) is 31.8. The summed E-state index contributed by atoms with van der Waals surface area (Å²) >= 11 is 1.92. The van der Waals surface area contributed by atoms with Crippen molar-refractivity contribution < 1.29 is 0 Å². The van der Waals surface area contributed by atoms with Crippen LogP contribution in [0.5, 0.6) is 0 Å². The van der Waals surface area contributed by atoms with E-state index in [4.69, 9.17) is 0 Å². The van der Waals surface area contributed by atoms with E-state index in [0.29, 0.717) is 6.04 Å². The van der Waals surface area contributed by atoms with Gasteiger partial charge in [0, 0.05) is 17.0 Å². The van der Waals surface area contributed by atoms with E-state index in [1.807, 2.05) is 11.3 Å². The van der Waals surface area contributed by atoms with Gasteiger partial charge in [-0.25, -0.2) is 0 Å². The van der Waals surface area contributed by atoms with E-state index in [1.165, 1.54) is 32.1 Å². The Bertz CT molecular complexity index is 329. The van der Waals surface area contributed by atoms with Crippen LogP contribution in [-0.2, 0) is 0 Å². The fraction of sp³-hybridized carbons (Fsp3) is 0.714. The summed E-state index contributed by atoms with van der Waals surface area (Å²) in [5.74, 6) is 1.86. The molecule has 1 heterocycles. The maximum atomic E-state index is 3.92. The minimum Gasteiger partial charge on any atom is -0.306 e. The topological polar surface area (TPSA) is 12.0 Å². The van der Waals surface area contributed by atoms with Gasteiger partial charge < -0.3 is 5.32 Å². The summed E-state index contributed by atoms with van der Waals surface area (Å²) < 4.78 is 0. The lowest BCUT2D eigenvalue weighted by Crippen LogP contribution is -2.31. The van der Waals surface area contributed by atoms with E-state index in [1.54, 1.807) is 4.88 Å². The van der Waals surface area contributed by atoms with E-state index < -0.39 is 0 Å². The summed E-state index contributed by atoms with van der Waals surface area (Å²) in [6.45, 7) is 2.39. The maximum Gasteiger partial charge on any atom is 0.0445 e. The molecule has 0 saturated heterocycles. The lowest BCUT2D eigenvalue weighted by Gasteiger charge is -2.22. The van der Waals surface area contributed by atoms with Gasteiger partial charge in [0.25, 0.3) is 0 Å². The Morgan fingerprint density at radius 2 is 2.19 bits per heavy atom. The Morgan fingerprint density at radius 1 is 1.31 bits per heavy atom. The molecule has 3 atom stereocenters. The van der Waals surface area contributed by atoms with Crippen molar-refractivity contribution in [1.82, 2.24) is 5.32 Å². The van der Waals surface area contributed by atoms with Gasteiger partial charge in [-0.2, -0.15) is 0 Å². The summed E-state index contributed by atoms with van der Waals surface area (Å²) in [4.78, 5) is 1.56. The quantitative estimate of drug-likeness (QED) is 0.832. The van der Waals surface area contributed by atoms with E-state index in [0.717, 1.165) is 17.9 Å². The third-order valence-corrected chi connectivity index (χ3v) is 5.01. The van der Waals surface area contributed by atoms with Gasteiger partial charge in [-0.3, -0.25) is 0 Å². The minimum absolute atomic E-state index is 0.662. The van der Waals surface area contributed by atoms with Crippen LogP contribution in [0.15, 0.2) is 17.5 Å². The first-order valence-electron chi connectivity index (χ1n) is 6.62. The van der Waals surface area contributed by atoms with Gasteiger partial charge in [-0.05, 0) is 55.4 Å². The number of hydrogen-bond donors (Lipinski definition) is 1. The molecule has 1 aromatic rings. The molecule has 3 rings (SSSR count). The SMILES string of the molecule is CC1CCC(NC(c2cccs2)C2CC2)C1. The Morgan fingerprint density at radius 3 is 2.75 bits per heavy atom. The third-order valence-electron chi connectivity index (χ3n) is 4.05. The van der Waals surface area contributed by atoms with Crippen LogP contribution in [0.2, 0.25) is 0 Å². The first-order valence-corrected chi connectivity index (χ1v) is 7.50. The monoisotopic (exact) mass is 235 g/mol. The molecule has 0 spiro atoms. The second-order valence-corrected chi connectivity index (χ2v) is 6.59. The van der Waals surface area contributed by atoms with E-state index >= 15 is 0 Å². The number of hydrogen-bond acceptors (Lipinski definition) is 2. The van der Waals surface area contributed by atoms with Crippen molar-refractivity contribution in [3.63, 3.8) is 0 Å². The average Bonchev–Trinajstić information content (AvgIpc) is 2.80. The molecule has 0 aliphatic heterocycles. The summed E-state index contributed by atoms with van der Waals surface area (Å²) in [5.41, 5.74) is 0. The van der Waals surface area contributed by atoms with Crippen LogP contribution < -0.4 is 5.32 Å². The molecule has 88 valence electrons. The smallest absolute Gasteiger partial charge is 0.0445 e. The second kappa shape index (κ2) is 4.50. The fourth-order valence-electron chi connectivity index (χ4n) is 2.96. The summed E-state index contributed by atoms with van der Waals surface area (Å²) in [6, 6.07) is 5.94. The Labute approximate surface area is 102 Å². The Kier molecular flexibility index (Phi) is 3.03. The van der Waals surface area contributed by atoms with Crippen molar-refractivity contribution in [1.29, 1.82) is 0 Å². The molecule has 2 fully saturated rings. The highest BCUT2D eigenvalue weighted by molar-refractivity contribution is 7.10. The zero-order chi connectivity index (χ0) is 11.0. The van der Waals surface area contributed by atoms with Crippen molar-refractivity contribution in [3.05, 3.63) is 22.4 Å². The number of thiophene rings is 1. The second-order valence-electron chi connectivity index (χ2n) is 5.61. The van der Waals surface area contributed by atoms with E-state index in [9.17, 15) is 0 Å². The summed E-state index contributed by atoms with van der Waals surface area (Å²) in [5, 5.41) is 6.13. The summed E-state index contributed by atoms with van der Waals surface area (Å²) in [6.07, 6.45) is 7.04. The first-order chi connectivity index (χ1) is 7.83. The van der Waals surface area contributed by atoms with Gasteiger partial charge in [0.05, 0.1) is 0 Å². The number of rotatable bonds is 4. The van der Waals surface area contributed by atoms with Crippen LogP contribution in [-0.4, -0.2) is 6.04 Å².